The van der Waals surface area contributed by atoms with Gasteiger partial charge in [0.05, 0.1) is 48.8 Å². The molecule has 2 aromatic carbocycles. The number of anilines is 2. The smallest absolute Gasteiger partial charge is 0.0671 e. The lowest BCUT2D eigenvalue weighted by molar-refractivity contribution is -0.160. The number of benzene rings is 2. The Balaban J connectivity index is 0.991. The first-order chi connectivity index (χ1) is 26.8. The van der Waals surface area contributed by atoms with Crippen molar-refractivity contribution in [1.29, 1.82) is 0 Å². The number of nitrogens with zero attached hydrogens (tertiary/aromatic N) is 2. The van der Waals surface area contributed by atoms with Crippen molar-refractivity contribution in [1.82, 2.24) is 0 Å². The van der Waals surface area contributed by atoms with Crippen molar-refractivity contribution in [3.63, 3.8) is 0 Å². The summed E-state index contributed by atoms with van der Waals surface area (Å²) in [5.74, 6) is 1.25. The van der Waals surface area contributed by atoms with Gasteiger partial charge in [0.1, 0.15) is 0 Å². The summed E-state index contributed by atoms with van der Waals surface area (Å²) in [6, 6.07) is 26.0. The Hall–Kier alpha value is -1.26. The fourth-order valence-corrected chi connectivity index (χ4v) is 26.5. The van der Waals surface area contributed by atoms with Crippen molar-refractivity contribution >= 4 is 27.2 Å². The van der Waals surface area contributed by atoms with E-state index in [-0.39, 0.29) is 15.8 Å². The highest BCUT2D eigenvalue weighted by Crippen LogP contribution is 2.77. The van der Waals surface area contributed by atoms with Gasteiger partial charge in [-0.2, -0.15) is 0 Å². The van der Waals surface area contributed by atoms with Gasteiger partial charge in [0.15, 0.2) is 0 Å². The molecule has 14 rings (SSSR count). The predicted molar refractivity (Wildman–Crippen MR) is 216 cm³/mol. The third kappa shape index (κ3) is 4.31. The summed E-state index contributed by atoms with van der Waals surface area (Å²) >= 11 is 0. The second-order valence-corrected chi connectivity index (χ2v) is 25.2. The lowest BCUT2D eigenvalue weighted by Gasteiger charge is -2.75. The molecule has 6 heterocycles. The Morgan fingerprint density at radius 1 is 0.407 bits per heavy atom. The van der Waals surface area contributed by atoms with Crippen molar-refractivity contribution in [2.45, 2.75) is 197 Å². The van der Waals surface area contributed by atoms with Gasteiger partial charge in [-0.05, 0) is 120 Å². The molecular formula is C46H58N2O4P2. The van der Waals surface area contributed by atoms with E-state index in [1.54, 1.807) is 0 Å². The van der Waals surface area contributed by atoms with Crippen molar-refractivity contribution < 1.29 is 18.9 Å². The van der Waals surface area contributed by atoms with Gasteiger partial charge < -0.3 is 28.7 Å². The lowest BCUT2D eigenvalue weighted by atomic mass is 9.61. The number of rotatable bonds is 2. The van der Waals surface area contributed by atoms with E-state index >= 15 is 0 Å². The highest BCUT2D eigenvalue weighted by atomic mass is 31.1. The molecule has 6 saturated carbocycles. The summed E-state index contributed by atoms with van der Waals surface area (Å²) in [5, 5.41) is 0. The molecule has 20 atom stereocenters. The van der Waals surface area contributed by atoms with Crippen LogP contribution in [0.5, 0.6) is 0 Å². The minimum atomic E-state index is -0.222. The van der Waals surface area contributed by atoms with Crippen LogP contribution in [0.1, 0.15) is 89.9 Å². The van der Waals surface area contributed by atoms with Crippen LogP contribution in [-0.4, -0.2) is 107 Å². The predicted octanol–water partition coefficient (Wildman–Crippen LogP) is 8.52. The standard InChI is InChI=1S/C46H58N2O4P2/c1-3-11-26(12-4-1)47-28-15-7-17-30-41(28)53-43-32(49-30)19-9-21-34(43)51-36-23-25-24-37-46-40(38(25)39(47)45(36)53)48(27-13-5-2-6-14-27)29-16-8-18-31-42(29)54(46)44-33(50-31)20-10-22-35(44)52-37/h1-6,11-14,25,28-46H,7-10,15-24H2. The zero-order valence-corrected chi connectivity index (χ0v) is 33.4. The molecule has 6 saturated heterocycles. The molecule has 12 aliphatic rings. The number of fused-ring (bicyclic) bond motifs is 3. The number of hydrogen-bond donors (Lipinski definition) is 0. The summed E-state index contributed by atoms with van der Waals surface area (Å²) in [4.78, 5) is 6.26. The van der Waals surface area contributed by atoms with E-state index in [1.165, 1.54) is 101 Å². The van der Waals surface area contributed by atoms with Gasteiger partial charge in [-0.25, -0.2) is 0 Å². The Bertz CT molecular complexity index is 1650. The molecule has 12 fully saturated rings. The van der Waals surface area contributed by atoms with E-state index < -0.39 is 0 Å². The van der Waals surface area contributed by atoms with Crippen LogP contribution < -0.4 is 9.80 Å². The zero-order valence-electron chi connectivity index (χ0n) is 31.6. The second-order valence-electron chi connectivity index (χ2n) is 19.8. The van der Waals surface area contributed by atoms with Gasteiger partial charge in [-0.3, -0.25) is 0 Å². The van der Waals surface area contributed by atoms with Gasteiger partial charge in [0.2, 0.25) is 0 Å². The third-order valence-corrected chi connectivity index (χ3v) is 25.9. The van der Waals surface area contributed by atoms with E-state index in [0.29, 0.717) is 119 Å². The van der Waals surface area contributed by atoms with Gasteiger partial charge in [-0.15, -0.1) is 0 Å². The van der Waals surface area contributed by atoms with Crippen LogP contribution in [0.3, 0.4) is 0 Å². The van der Waals surface area contributed by atoms with Crippen LogP contribution in [0.15, 0.2) is 60.7 Å². The summed E-state index contributed by atoms with van der Waals surface area (Å²) in [5.41, 5.74) is 6.93. The summed E-state index contributed by atoms with van der Waals surface area (Å²) < 4.78 is 29.9. The monoisotopic (exact) mass is 764 g/mol. The molecule has 2 aromatic rings. The van der Waals surface area contributed by atoms with E-state index in [1.807, 2.05) is 0 Å². The van der Waals surface area contributed by atoms with Gasteiger partial charge in [0.25, 0.3) is 0 Å². The molecule has 8 heteroatoms. The van der Waals surface area contributed by atoms with Crippen LogP contribution in [0.2, 0.25) is 0 Å². The minimum absolute atomic E-state index is 0.222. The molecule has 6 aliphatic carbocycles. The number of para-hydroxylation sites is 2. The average molecular weight is 765 g/mol. The van der Waals surface area contributed by atoms with Gasteiger partial charge in [-0.1, -0.05) is 52.2 Å². The van der Waals surface area contributed by atoms with Crippen LogP contribution >= 0.6 is 15.8 Å². The van der Waals surface area contributed by atoms with Gasteiger partial charge in [0, 0.05) is 75.4 Å². The van der Waals surface area contributed by atoms with Crippen LogP contribution in [-0.2, 0) is 18.9 Å². The Labute approximate surface area is 324 Å². The fraction of sp³-hybridized carbons (Fsp3) is 0.739. The highest BCUT2D eigenvalue weighted by molar-refractivity contribution is 7.61. The molecule has 6 aliphatic heterocycles. The first kappa shape index (κ1) is 32.7. The van der Waals surface area contributed by atoms with E-state index in [4.69, 9.17) is 18.9 Å². The second kappa shape index (κ2) is 12.1. The number of ether oxygens (including phenoxy) is 4. The largest absolute Gasteiger partial charge is 0.373 e. The average Bonchev–Trinajstić information content (AvgIpc) is 3.21. The molecule has 0 amide bonds. The summed E-state index contributed by atoms with van der Waals surface area (Å²) in [7, 11) is -0.445. The molecular weight excluding hydrogens is 706 g/mol. The molecule has 0 N–H and O–H groups in total. The van der Waals surface area contributed by atoms with Crippen molar-refractivity contribution in [3.05, 3.63) is 60.7 Å². The van der Waals surface area contributed by atoms with Crippen molar-refractivity contribution in [2.24, 2.45) is 11.8 Å². The molecule has 0 bridgehead atoms. The first-order valence-electron chi connectivity index (χ1n) is 22.6. The first-order valence-corrected chi connectivity index (χ1v) is 25.7. The van der Waals surface area contributed by atoms with E-state index in [9.17, 15) is 0 Å². The summed E-state index contributed by atoms with van der Waals surface area (Å²) in [6.45, 7) is 0. The molecule has 20 unspecified atom stereocenters. The molecule has 0 radical (unpaired) electrons. The van der Waals surface area contributed by atoms with E-state index in [0.717, 1.165) is 0 Å². The lowest BCUT2D eigenvalue weighted by Crippen LogP contribution is -2.81. The van der Waals surface area contributed by atoms with Gasteiger partial charge >= 0.3 is 0 Å². The molecule has 0 aromatic heterocycles. The highest BCUT2D eigenvalue weighted by Gasteiger charge is 2.73. The molecule has 54 heavy (non-hydrogen) atoms. The fourth-order valence-electron chi connectivity index (χ4n) is 16.6. The Kier molecular flexibility index (Phi) is 7.35. The zero-order chi connectivity index (χ0) is 34.8. The maximum Gasteiger partial charge on any atom is 0.0671 e. The topological polar surface area (TPSA) is 43.4 Å². The Morgan fingerprint density at radius 2 is 0.778 bits per heavy atom. The van der Waals surface area contributed by atoms with Crippen molar-refractivity contribution in [2.75, 3.05) is 9.80 Å². The third-order valence-electron chi connectivity index (χ3n) is 17.8. The quantitative estimate of drug-likeness (QED) is 0.286. The molecule has 286 valence electrons. The maximum atomic E-state index is 7.62. The van der Waals surface area contributed by atoms with Crippen LogP contribution in [0.4, 0.5) is 11.4 Å². The summed E-state index contributed by atoms with van der Waals surface area (Å²) in [6.07, 6.45) is 21.3. The number of hydrogen-bond acceptors (Lipinski definition) is 6. The molecule has 6 nitrogen and oxygen atoms in total. The van der Waals surface area contributed by atoms with Crippen molar-refractivity contribution in [3.8, 4) is 0 Å². The Morgan fingerprint density at radius 3 is 1.20 bits per heavy atom. The van der Waals surface area contributed by atoms with E-state index in [2.05, 4.69) is 70.5 Å². The minimum Gasteiger partial charge on any atom is -0.373 e. The SMILES string of the molecule is c1ccc(N2C3CCCC4OC5CCCC6OC7CC8CC9OC%10CCCC%11OC%12CCCC%13C%12P(C%11%10)C9C(C8C2C7P(C56)C43)N%13c2ccccc2)cc1. The van der Waals surface area contributed by atoms with Crippen LogP contribution in [0.25, 0.3) is 0 Å². The normalized spacial score (nSPS) is 55.5. The molecule has 0 spiro atoms. The maximum absolute atomic E-state index is 7.62. The van der Waals surface area contributed by atoms with Crippen LogP contribution in [0, 0.1) is 11.8 Å².